The number of pyridine rings is 1. The summed E-state index contributed by atoms with van der Waals surface area (Å²) in [7, 11) is 0. The molecule has 1 saturated heterocycles. The molecule has 0 unspecified atom stereocenters. The van der Waals surface area contributed by atoms with Gasteiger partial charge in [-0.2, -0.15) is 0 Å². The first-order valence-corrected chi connectivity index (χ1v) is 7.13. The van der Waals surface area contributed by atoms with Gasteiger partial charge in [0.1, 0.15) is 0 Å². The van der Waals surface area contributed by atoms with Gasteiger partial charge >= 0.3 is 0 Å². The molecule has 4 heteroatoms. The van der Waals surface area contributed by atoms with E-state index in [4.69, 9.17) is 0 Å². The quantitative estimate of drug-likeness (QED) is 0.747. The van der Waals surface area contributed by atoms with E-state index >= 15 is 0 Å². The molecule has 0 spiro atoms. The minimum absolute atomic E-state index is 0.101. The van der Waals surface area contributed by atoms with Crippen molar-refractivity contribution in [3.8, 4) is 0 Å². The summed E-state index contributed by atoms with van der Waals surface area (Å²) in [6.07, 6.45) is 8.03. The first-order valence-electron chi connectivity index (χ1n) is 6.33. The number of carbonyl (C=O) groups is 1. The molecular formula is C14H15BrN2O. The van der Waals surface area contributed by atoms with E-state index in [2.05, 4.69) is 20.9 Å². The number of aromatic nitrogens is 1. The Kier molecular flexibility index (Phi) is 3.20. The second-order valence-corrected chi connectivity index (χ2v) is 5.81. The van der Waals surface area contributed by atoms with E-state index < -0.39 is 0 Å². The molecular weight excluding hydrogens is 292 g/mol. The fourth-order valence-electron chi connectivity index (χ4n) is 2.46. The Morgan fingerprint density at radius 3 is 2.39 bits per heavy atom. The number of likely N-dealkylation sites (tertiary alicyclic amines) is 1. The van der Waals surface area contributed by atoms with E-state index in [1.54, 1.807) is 23.5 Å². The number of carbonyl (C=O) groups excluding carboxylic acids is 1. The molecule has 0 N–H and O–H groups in total. The zero-order chi connectivity index (χ0) is 12.5. The van der Waals surface area contributed by atoms with Crippen LogP contribution in [-0.4, -0.2) is 28.9 Å². The van der Waals surface area contributed by atoms with Gasteiger partial charge in [0.15, 0.2) is 0 Å². The smallest absolute Gasteiger partial charge is 0.255 e. The fraction of sp³-hybridized carbons (Fsp3) is 0.429. The maximum atomic E-state index is 12.3. The molecule has 2 fully saturated rings. The zero-order valence-corrected chi connectivity index (χ0v) is 11.7. The van der Waals surface area contributed by atoms with Gasteiger partial charge < -0.3 is 4.90 Å². The minimum atomic E-state index is 0.101. The number of hydrogen-bond donors (Lipinski definition) is 0. The Hall–Kier alpha value is -1.16. The molecule has 94 valence electrons. The third-order valence-corrected chi connectivity index (χ3v) is 4.04. The summed E-state index contributed by atoms with van der Waals surface area (Å²) < 4.78 is 0.853. The van der Waals surface area contributed by atoms with Gasteiger partial charge in [-0.1, -0.05) is 11.1 Å². The molecule has 1 aliphatic carbocycles. The van der Waals surface area contributed by atoms with Crippen LogP contribution in [-0.2, 0) is 0 Å². The summed E-state index contributed by atoms with van der Waals surface area (Å²) in [5.74, 6) is 0.101. The van der Waals surface area contributed by atoms with Gasteiger partial charge in [-0.05, 0) is 47.7 Å². The Morgan fingerprint density at radius 1 is 1.11 bits per heavy atom. The highest BCUT2D eigenvalue weighted by molar-refractivity contribution is 9.10. The molecule has 1 aromatic heterocycles. The Balaban J connectivity index is 1.69. The maximum absolute atomic E-state index is 12.3. The Bertz CT molecular complexity index is 508. The monoisotopic (exact) mass is 306 g/mol. The van der Waals surface area contributed by atoms with Gasteiger partial charge in [0, 0.05) is 30.0 Å². The molecule has 0 radical (unpaired) electrons. The third-order valence-electron chi connectivity index (χ3n) is 3.61. The van der Waals surface area contributed by atoms with Crippen molar-refractivity contribution in [1.82, 2.24) is 9.88 Å². The average molecular weight is 307 g/mol. The molecule has 1 aromatic rings. The number of hydrogen-bond acceptors (Lipinski definition) is 2. The number of halogens is 1. The Morgan fingerprint density at radius 2 is 1.78 bits per heavy atom. The van der Waals surface area contributed by atoms with Crippen LogP contribution in [0.25, 0.3) is 0 Å². The lowest BCUT2D eigenvalue weighted by molar-refractivity contribution is 0.0743. The van der Waals surface area contributed by atoms with Crippen molar-refractivity contribution in [3.63, 3.8) is 0 Å². The third kappa shape index (κ3) is 2.48. The van der Waals surface area contributed by atoms with Crippen LogP contribution in [0.15, 0.2) is 34.1 Å². The van der Waals surface area contributed by atoms with E-state index in [0.29, 0.717) is 5.56 Å². The first-order chi connectivity index (χ1) is 8.74. The lowest BCUT2D eigenvalue weighted by Crippen LogP contribution is -2.36. The lowest BCUT2D eigenvalue weighted by Gasteiger charge is -2.28. The SMILES string of the molecule is O=C(c1cncc(Br)c1)N1CCC(=C2CC2)CC1. The molecule has 3 rings (SSSR count). The number of rotatable bonds is 1. The van der Waals surface area contributed by atoms with E-state index in [1.807, 2.05) is 11.0 Å². The molecule has 1 amide bonds. The van der Waals surface area contributed by atoms with Gasteiger partial charge in [-0.3, -0.25) is 9.78 Å². The summed E-state index contributed by atoms with van der Waals surface area (Å²) in [6, 6.07) is 1.84. The van der Waals surface area contributed by atoms with Crippen LogP contribution in [0.2, 0.25) is 0 Å². The minimum Gasteiger partial charge on any atom is -0.338 e. The highest BCUT2D eigenvalue weighted by Gasteiger charge is 2.25. The summed E-state index contributed by atoms with van der Waals surface area (Å²) in [5.41, 5.74) is 3.92. The van der Waals surface area contributed by atoms with Gasteiger partial charge in [0.25, 0.3) is 5.91 Å². The van der Waals surface area contributed by atoms with Crippen molar-refractivity contribution in [2.24, 2.45) is 0 Å². The highest BCUT2D eigenvalue weighted by atomic mass is 79.9. The predicted octanol–water partition coefficient (Wildman–Crippen LogP) is 3.17. The molecule has 0 aromatic carbocycles. The number of piperidine rings is 1. The van der Waals surface area contributed by atoms with E-state index in [9.17, 15) is 4.79 Å². The van der Waals surface area contributed by atoms with Crippen LogP contribution in [0.1, 0.15) is 36.0 Å². The summed E-state index contributed by atoms with van der Waals surface area (Å²) in [5, 5.41) is 0. The summed E-state index contributed by atoms with van der Waals surface area (Å²) in [6.45, 7) is 1.70. The normalized spacial score (nSPS) is 19.1. The molecule has 0 atom stereocenters. The fourth-order valence-corrected chi connectivity index (χ4v) is 2.83. The van der Waals surface area contributed by atoms with Crippen LogP contribution in [0.3, 0.4) is 0 Å². The van der Waals surface area contributed by atoms with Gasteiger partial charge in [0.05, 0.1) is 5.56 Å². The molecule has 1 saturated carbocycles. The Labute approximate surface area is 115 Å². The predicted molar refractivity (Wildman–Crippen MR) is 73.3 cm³/mol. The molecule has 2 aliphatic rings. The van der Waals surface area contributed by atoms with Crippen molar-refractivity contribution in [2.75, 3.05) is 13.1 Å². The molecule has 18 heavy (non-hydrogen) atoms. The second kappa shape index (κ2) is 4.84. The topological polar surface area (TPSA) is 33.2 Å². The van der Waals surface area contributed by atoms with Crippen LogP contribution in [0.4, 0.5) is 0 Å². The van der Waals surface area contributed by atoms with Crippen molar-refractivity contribution >= 4 is 21.8 Å². The molecule has 2 heterocycles. The van der Waals surface area contributed by atoms with Gasteiger partial charge in [0.2, 0.25) is 0 Å². The van der Waals surface area contributed by atoms with Gasteiger partial charge in [-0.25, -0.2) is 0 Å². The summed E-state index contributed by atoms with van der Waals surface area (Å²) >= 11 is 3.35. The van der Waals surface area contributed by atoms with Crippen LogP contribution in [0.5, 0.6) is 0 Å². The first kappa shape index (κ1) is 11.9. The van der Waals surface area contributed by atoms with E-state index in [-0.39, 0.29) is 5.91 Å². The largest absolute Gasteiger partial charge is 0.338 e. The van der Waals surface area contributed by atoms with Crippen molar-refractivity contribution in [3.05, 3.63) is 39.6 Å². The van der Waals surface area contributed by atoms with Crippen LogP contribution in [0, 0.1) is 0 Å². The van der Waals surface area contributed by atoms with Crippen LogP contribution < -0.4 is 0 Å². The van der Waals surface area contributed by atoms with Crippen molar-refractivity contribution in [2.45, 2.75) is 25.7 Å². The average Bonchev–Trinajstić information content (AvgIpc) is 3.22. The molecule has 1 aliphatic heterocycles. The van der Waals surface area contributed by atoms with Crippen LogP contribution >= 0.6 is 15.9 Å². The lowest BCUT2D eigenvalue weighted by atomic mass is 10.0. The number of allylic oxidation sites excluding steroid dienone is 1. The number of nitrogens with zero attached hydrogens (tertiary/aromatic N) is 2. The highest BCUT2D eigenvalue weighted by Crippen LogP contribution is 2.36. The summed E-state index contributed by atoms with van der Waals surface area (Å²) in [4.78, 5) is 18.3. The van der Waals surface area contributed by atoms with E-state index in [1.165, 1.54) is 12.8 Å². The second-order valence-electron chi connectivity index (χ2n) is 4.89. The maximum Gasteiger partial charge on any atom is 0.255 e. The van der Waals surface area contributed by atoms with Crippen molar-refractivity contribution < 1.29 is 4.79 Å². The zero-order valence-electron chi connectivity index (χ0n) is 10.2. The van der Waals surface area contributed by atoms with Crippen molar-refractivity contribution in [1.29, 1.82) is 0 Å². The molecule has 0 bridgehead atoms. The number of amides is 1. The van der Waals surface area contributed by atoms with Gasteiger partial charge in [-0.15, -0.1) is 0 Å². The standard InChI is InChI=1S/C14H15BrN2O/c15-13-7-12(8-16-9-13)14(18)17-5-3-11(4-6-17)10-1-2-10/h7-9H,1-6H2. The molecule has 3 nitrogen and oxygen atoms in total. The van der Waals surface area contributed by atoms with E-state index in [0.717, 1.165) is 30.4 Å².